The van der Waals surface area contributed by atoms with E-state index in [4.69, 9.17) is 14.2 Å². The van der Waals surface area contributed by atoms with Gasteiger partial charge in [-0.3, -0.25) is 19.9 Å². The van der Waals surface area contributed by atoms with Gasteiger partial charge in [0.2, 0.25) is 15.9 Å². The highest BCUT2D eigenvalue weighted by molar-refractivity contribution is 7.89. The predicted molar refractivity (Wildman–Crippen MR) is 153 cm³/mol. The second-order valence-electron chi connectivity index (χ2n) is 9.44. The molecule has 1 amide bonds. The van der Waals surface area contributed by atoms with Gasteiger partial charge in [-0.2, -0.15) is 14.1 Å². The standard InChI is InChI=1S/C28H28N6O8S/c1-19-26(27(35)30-18-20-4-3-11-29-17-20)31-33(21-5-8-23(40-2)9-6-21)28(19)42-24-10-7-22(34(36)37)16-25(24)43(38,39)32-12-14-41-15-13-32/h3-11,16-17H,12-15,18H2,1-2H3,(H,30,35). The van der Waals surface area contributed by atoms with Gasteiger partial charge < -0.3 is 19.5 Å². The van der Waals surface area contributed by atoms with Crippen molar-refractivity contribution < 1.29 is 32.3 Å². The summed E-state index contributed by atoms with van der Waals surface area (Å²) in [6, 6.07) is 13.7. The van der Waals surface area contributed by atoms with Gasteiger partial charge in [0.15, 0.2) is 5.69 Å². The lowest BCUT2D eigenvalue weighted by Gasteiger charge is -2.26. The first-order valence-corrected chi connectivity index (χ1v) is 14.6. The number of pyridine rings is 1. The Kier molecular flexibility index (Phi) is 8.66. The minimum absolute atomic E-state index is 0.0363. The smallest absolute Gasteiger partial charge is 0.272 e. The minimum atomic E-state index is -4.22. The molecule has 1 aliphatic heterocycles. The van der Waals surface area contributed by atoms with Crippen molar-refractivity contribution >= 4 is 21.6 Å². The molecule has 14 nitrogen and oxygen atoms in total. The van der Waals surface area contributed by atoms with E-state index in [0.717, 1.165) is 17.7 Å². The van der Waals surface area contributed by atoms with E-state index in [2.05, 4.69) is 15.4 Å². The van der Waals surface area contributed by atoms with Gasteiger partial charge in [0, 0.05) is 49.7 Å². The van der Waals surface area contributed by atoms with Crippen LogP contribution in [0.4, 0.5) is 5.69 Å². The fraction of sp³-hybridized carbons (Fsp3) is 0.250. The first-order valence-electron chi connectivity index (χ1n) is 13.1. The van der Waals surface area contributed by atoms with Crippen molar-refractivity contribution in [2.24, 2.45) is 0 Å². The Morgan fingerprint density at radius 2 is 1.88 bits per heavy atom. The van der Waals surface area contributed by atoms with Crippen LogP contribution in [0.1, 0.15) is 21.6 Å². The number of nitro groups is 1. The van der Waals surface area contributed by atoms with Gasteiger partial charge in [0.05, 0.1) is 30.9 Å². The van der Waals surface area contributed by atoms with Gasteiger partial charge in [-0.1, -0.05) is 6.07 Å². The van der Waals surface area contributed by atoms with Gasteiger partial charge in [0.25, 0.3) is 11.6 Å². The zero-order chi connectivity index (χ0) is 30.6. The molecule has 0 bridgehead atoms. The van der Waals surface area contributed by atoms with E-state index in [9.17, 15) is 23.3 Å². The molecule has 4 aromatic rings. The zero-order valence-electron chi connectivity index (χ0n) is 23.3. The van der Waals surface area contributed by atoms with Crippen molar-refractivity contribution in [2.75, 3.05) is 33.4 Å². The Labute approximate surface area is 247 Å². The van der Waals surface area contributed by atoms with E-state index in [1.54, 1.807) is 49.6 Å². The third-order valence-corrected chi connectivity index (χ3v) is 8.63. The summed E-state index contributed by atoms with van der Waals surface area (Å²) in [4.78, 5) is 27.8. The van der Waals surface area contributed by atoms with Crippen LogP contribution in [0.5, 0.6) is 17.4 Å². The lowest BCUT2D eigenvalue weighted by molar-refractivity contribution is -0.385. The van der Waals surface area contributed by atoms with Crippen molar-refractivity contribution in [3.63, 3.8) is 0 Å². The van der Waals surface area contributed by atoms with Crippen LogP contribution in [0, 0.1) is 17.0 Å². The number of rotatable bonds is 10. The maximum atomic E-state index is 13.7. The summed E-state index contributed by atoms with van der Waals surface area (Å²) >= 11 is 0. The number of methoxy groups -OCH3 is 1. The molecule has 0 unspecified atom stereocenters. The molecular weight excluding hydrogens is 580 g/mol. The number of nitrogens with zero attached hydrogens (tertiary/aromatic N) is 5. The first kappa shape index (κ1) is 29.6. The monoisotopic (exact) mass is 608 g/mol. The Balaban J connectivity index is 1.58. The second kappa shape index (κ2) is 12.6. The number of carbonyl (C=O) groups is 1. The SMILES string of the molecule is COc1ccc(-n2nc(C(=O)NCc3cccnc3)c(C)c2Oc2ccc([N+](=O)[O-])cc2S(=O)(=O)N2CCOCC2)cc1. The number of carbonyl (C=O) groups excluding carboxylic acids is 1. The second-order valence-corrected chi connectivity index (χ2v) is 11.3. The summed E-state index contributed by atoms with van der Waals surface area (Å²) in [7, 11) is -2.70. The number of nitro benzene ring substituents is 1. The van der Waals surface area contributed by atoms with Gasteiger partial charge in [-0.25, -0.2) is 8.42 Å². The molecular formula is C28H28N6O8S. The summed E-state index contributed by atoms with van der Waals surface area (Å²) in [5.41, 5.74) is 1.20. The van der Waals surface area contributed by atoms with Crippen molar-refractivity contribution in [3.8, 4) is 23.1 Å². The molecule has 1 aliphatic rings. The summed E-state index contributed by atoms with van der Waals surface area (Å²) in [5, 5.41) is 18.9. The largest absolute Gasteiger partial charge is 0.497 e. The van der Waals surface area contributed by atoms with E-state index in [0.29, 0.717) is 17.0 Å². The van der Waals surface area contributed by atoms with E-state index in [-0.39, 0.29) is 50.2 Å². The molecule has 5 rings (SSSR count). The third kappa shape index (κ3) is 6.33. The maximum absolute atomic E-state index is 13.7. The fourth-order valence-corrected chi connectivity index (χ4v) is 5.95. The summed E-state index contributed by atoms with van der Waals surface area (Å²) < 4.78 is 46.6. The number of nitrogens with one attached hydrogen (secondary N) is 1. The molecule has 0 aliphatic carbocycles. The predicted octanol–water partition coefficient (Wildman–Crippen LogP) is 3.24. The number of hydrogen-bond donors (Lipinski definition) is 1. The molecule has 0 radical (unpaired) electrons. The Morgan fingerprint density at radius 1 is 1.14 bits per heavy atom. The molecule has 15 heteroatoms. The third-order valence-electron chi connectivity index (χ3n) is 6.71. The lowest BCUT2D eigenvalue weighted by Crippen LogP contribution is -2.40. The van der Waals surface area contributed by atoms with Gasteiger partial charge in [0.1, 0.15) is 16.4 Å². The van der Waals surface area contributed by atoms with E-state index in [1.165, 1.54) is 22.2 Å². The van der Waals surface area contributed by atoms with Crippen LogP contribution >= 0.6 is 0 Å². The zero-order valence-corrected chi connectivity index (χ0v) is 24.1. The first-order chi connectivity index (χ1) is 20.7. The van der Waals surface area contributed by atoms with Crippen molar-refractivity contribution in [1.82, 2.24) is 24.4 Å². The van der Waals surface area contributed by atoms with Gasteiger partial charge >= 0.3 is 0 Å². The van der Waals surface area contributed by atoms with Gasteiger partial charge in [-0.05, 0) is 48.9 Å². The molecule has 1 N–H and O–H groups in total. The maximum Gasteiger partial charge on any atom is 0.272 e. The lowest BCUT2D eigenvalue weighted by atomic mass is 10.2. The highest BCUT2D eigenvalue weighted by atomic mass is 32.2. The topological polar surface area (TPSA) is 168 Å². The molecule has 2 aromatic heterocycles. The molecule has 1 saturated heterocycles. The van der Waals surface area contributed by atoms with E-state index >= 15 is 0 Å². The summed E-state index contributed by atoms with van der Waals surface area (Å²) in [6.07, 6.45) is 3.25. The van der Waals surface area contributed by atoms with E-state index in [1.807, 2.05) is 6.07 Å². The Morgan fingerprint density at radius 3 is 2.53 bits per heavy atom. The quantitative estimate of drug-likeness (QED) is 0.208. The average Bonchev–Trinajstić information content (AvgIpc) is 3.36. The van der Waals surface area contributed by atoms with Crippen LogP contribution in [0.3, 0.4) is 0 Å². The van der Waals surface area contributed by atoms with Crippen LogP contribution in [-0.2, 0) is 21.3 Å². The highest BCUT2D eigenvalue weighted by Crippen LogP contribution is 2.37. The van der Waals surface area contributed by atoms with Crippen LogP contribution in [0.15, 0.2) is 71.9 Å². The Bertz CT molecular complexity index is 1740. The molecule has 0 atom stereocenters. The van der Waals surface area contributed by atoms with Crippen LogP contribution in [0.25, 0.3) is 5.69 Å². The number of non-ortho nitro benzene ring substituents is 1. The molecule has 0 saturated carbocycles. The Hall–Kier alpha value is -4.86. The normalized spacial score (nSPS) is 13.8. The molecule has 43 heavy (non-hydrogen) atoms. The molecule has 224 valence electrons. The van der Waals surface area contributed by atoms with E-state index < -0.39 is 31.4 Å². The number of hydrogen-bond acceptors (Lipinski definition) is 10. The molecule has 2 aromatic carbocycles. The number of benzene rings is 2. The number of aromatic nitrogens is 3. The van der Waals surface area contributed by atoms with Crippen molar-refractivity contribution in [1.29, 1.82) is 0 Å². The molecule has 3 heterocycles. The summed E-state index contributed by atoms with van der Waals surface area (Å²) in [6.45, 7) is 2.34. The fourth-order valence-electron chi connectivity index (χ4n) is 4.41. The number of amides is 1. The van der Waals surface area contributed by atoms with Crippen LogP contribution in [0.2, 0.25) is 0 Å². The highest BCUT2D eigenvalue weighted by Gasteiger charge is 2.32. The van der Waals surface area contributed by atoms with Crippen molar-refractivity contribution in [3.05, 3.63) is 93.9 Å². The summed E-state index contributed by atoms with van der Waals surface area (Å²) in [5.74, 6) is -0.0386. The van der Waals surface area contributed by atoms with Crippen LogP contribution in [-0.4, -0.2) is 71.7 Å². The minimum Gasteiger partial charge on any atom is -0.497 e. The average molecular weight is 609 g/mol. The van der Waals surface area contributed by atoms with Crippen molar-refractivity contribution in [2.45, 2.75) is 18.4 Å². The molecule has 0 spiro atoms. The number of ether oxygens (including phenoxy) is 3. The van der Waals surface area contributed by atoms with Gasteiger partial charge in [-0.15, -0.1) is 0 Å². The number of morpholine rings is 1. The molecule has 1 fully saturated rings. The number of sulfonamides is 1. The van der Waals surface area contributed by atoms with Crippen LogP contribution < -0.4 is 14.8 Å².